The molecule has 4 rings (SSSR count). The molecule has 1 unspecified atom stereocenters. The Labute approximate surface area is 228 Å². The van der Waals surface area contributed by atoms with Crippen LogP contribution in [0.3, 0.4) is 0 Å². The van der Waals surface area contributed by atoms with Crippen molar-refractivity contribution in [1.29, 1.82) is 0 Å². The van der Waals surface area contributed by atoms with Gasteiger partial charge in [-0.2, -0.15) is 0 Å². The Bertz CT molecular complexity index is 1340. The van der Waals surface area contributed by atoms with Gasteiger partial charge in [0.05, 0.1) is 5.69 Å². The largest absolute Gasteiger partial charge is 0.480 e. The van der Waals surface area contributed by atoms with E-state index >= 15 is 0 Å². The zero-order valence-corrected chi connectivity index (χ0v) is 22.6. The topological polar surface area (TPSA) is 82.5 Å². The minimum atomic E-state index is -1.06. The molecule has 0 saturated heterocycles. The number of nitrogens with one attached hydrogen (secondary N) is 1. The first-order valence-corrected chi connectivity index (χ1v) is 13.7. The number of aromatic nitrogens is 1. The molecule has 7 heteroatoms. The van der Waals surface area contributed by atoms with Crippen LogP contribution in [0.5, 0.6) is 0 Å². The van der Waals surface area contributed by atoms with Crippen molar-refractivity contribution in [3.8, 4) is 11.3 Å². The average Bonchev–Trinajstić information content (AvgIpc) is 3.33. The van der Waals surface area contributed by atoms with Crippen LogP contribution >= 0.6 is 11.3 Å². The van der Waals surface area contributed by atoms with E-state index in [4.69, 9.17) is 4.98 Å². The number of aliphatic carboxylic acids is 1. The van der Waals surface area contributed by atoms with Crippen molar-refractivity contribution in [3.05, 3.63) is 106 Å². The van der Waals surface area contributed by atoms with Gasteiger partial charge in [-0.3, -0.25) is 4.79 Å². The first-order valence-electron chi connectivity index (χ1n) is 12.9. The van der Waals surface area contributed by atoms with Crippen molar-refractivity contribution in [2.45, 2.75) is 45.7 Å². The van der Waals surface area contributed by atoms with Gasteiger partial charge in [0.25, 0.3) is 5.91 Å². The molecule has 38 heavy (non-hydrogen) atoms. The van der Waals surface area contributed by atoms with Crippen LogP contribution in [0.25, 0.3) is 11.3 Å². The van der Waals surface area contributed by atoms with E-state index < -0.39 is 17.9 Å². The van der Waals surface area contributed by atoms with Gasteiger partial charge in [0.2, 0.25) is 0 Å². The first kappa shape index (κ1) is 27.1. The maximum absolute atomic E-state index is 12.8. The van der Waals surface area contributed by atoms with Gasteiger partial charge in [-0.25, -0.2) is 9.78 Å². The second kappa shape index (κ2) is 13.0. The summed E-state index contributed by atoms with van der Waals surface area (Å²) in [6.45, 7) is 5.85. The standard InChI is InChI=1S/C31H33N3O3S/c1-3-4-19-34(31-33-28(22(2)38-31)25-13-9-6-10-14-25)21-24-15-17-26(18-16-24)29(35)32-27(30(36)37)20-23-11-7-5-8-12-23/h5-18,27H,3-4,19-21H2,1-2H3,(H,32,35)(H,36,37). The second-order valence-corrected chi connectivity index (χ2v) is 10.5. The summed E-state index contributed by atoms with van der Waals surface area (Å²) in [5.74, 6) is -1.45. The fourth-order valence-electron chi connectivity index (χ4n) is 4.25. The molecular formula is C31H33N3O3S. The maximum Gasteiger partial charge on any atom is 0.326 e. The Kier molecular flexibility index (Phi) is 9.27. The third kappa shape index (κ3) is 7.07. The fraction of sp³-hybridized carbons (Fsp3) is 0.258. The number of carboxylic acid groups (broad SMARTS) is 1. The number of amides is 1. The zero-order valence-electron chi connectivity index (χ0n) is 21.8. The average molecular weight is 528 g/mol. The van der Waals surface area contributed by atoms with Crippen LogP contribution in [-0.2, 0) is 17.8 Å². The molecule has 6 nitrogen and oxygen atoms in total. The zero-order chi connectivity index (χ0) is 26.9. The van der Waals surface area contributed by atoms with Gasteiger partial charge in [0.1, 0.15) is 6.04 Å². The predicted molar refractivity (Wildman–Crippen MR) is 154 cm³/mol. The van der Waals surface area contributed by atoms with Crippen LogP contribution in [-0.4, -0.2) is 34.6 Å². The molecule has 0 aliphatic carbocycles. The van der Waals surface area contributed by atoms with E-state index in [9.17, 15) is 14.7 Å². The molecule has 0 radical (unpaired) electrons. The van der Waals surface area contributed by atoms with Crippen LogP contribution in [0.1, 0.15) is 46.1 Å². The van der Waals surface area contributed by atoms with Crippen molar-refractivity contribution < 1.29 is 14.7 Å². The number of rotatable bonds is 12. The third-order valence-corrected chi connectivity index (χ3v) is 7.39. The molecule has 196 valence electrons. The summed E-state index contributed by atoms with van der Waals surface area (Å²) in [6.07, 6.45) is 2.36. The molecule has 2 N–H and O–H groups in total. The molecule has 1 atom stereocenters. The summed E-state index contributed by atoms with van der Waals surface area (Å²) in [7, 11) is 0. The first-order chi connectivity index (χ1) is 18.4. The highest BCUT2D eigenvalue weighted by atomic mass is 32.1. The van der Waals surface area contributed by atoms with E-state index in [1.807, 2.05) is 60.7 Å². The van der Waals surface area contributed by atoms with Crippen molar-refractivity contribution in [2.24, 2.45) is 0 Å². The molecule has 0 fully saturated rings. The minimum Gasteiger partial charge on any atom is -0.480 e. The number of carbonyl (C=O) groups excluding carboxylic acids is 1. The Balaban J connectivity index is 1.45. The van der Waals surface area contributed by atoms with Gasteiger partial charge in [-0.15, -0.1) is 11.3 Å². The van der Waals surface area contributed by atoms with Crippen LogP contribution in [0.2, 0.25) is 0 Å². The number of carboxylic acids is 1. The van der Waals surface area contributed by atoms with Gasteiger partial charge in [0.15, 0.2) is 5.13 Å². The van der Waals surface area contributed by atoms with Crippen LogP contribution in [0.4, 0.5) is 5.13 Å². The van der Waals surface area contributed by atoms with Gasteiger partial charge in [0, 0.05) is 35.5 Å². The van der Waals surface area contributed by atoms with Crippen molar-refractivity contribution in [3.63, 3.8) is 0 Å². The number of thiazole rings is 1. The van der Waals surface area contributed by atoms with E-state index in [0.717, 1.165) is 46.9 Å². The van der Waals surface area contributed by atoms with Crippen LogP contribution < -0.4 is 10.2 Å². The molecule has 0 aliphatic rings. The summed E-state index contributed by atoms with van der Waals surface area (Å²) in [4.78, 5) is 33.0. The monoisotopic (exact) mass is 527 g/mol. The van der Waals surface area contributed by atoms with Gasteiger partial charge >= 0.3 is 5.97 Å². The van der Waals surface area contributed by atoms with Crippen molar-refractivity contribution >= 4 is 28.3 Å². The third-order valence-electron chi connectivity index (χ3n) is 6.36. The molecule has 0 saturated carbocycles. The molecule has 0 aliphatic heterocycles. The second-order valence-electron chi connectivity index (χ2n) is 9.29. The number of anilines is 1. The van der Waals surface area contributed by atoms with Gasteiger partial charge in [-0.1, -0.05) is 86.1 Å². The number of benzene rings is 3. The highest BCUT2D eigenvalue weighted by Crippen LogP contribution is 2.33. The van der Waals surface area contributed by atoms with E-state index in [-0.39, 0.29) is 6.42 Å². The predicted octanol–water partition coefficient (Wildman–Crippen LogP) is 6.35. The molecule has 1 amide bonds. The molecular weight excluding hydrogens is 494 g/mol. The van der Waals surface area contributed by atoms with Crippen LogP contribution in [0.15, 0.2) is 84.9 Å². The number of unbranched alkanes of at least 4 members (excludes halogenated alkanes) is 1. The Morgan fingerprint density at radius 1 is 0.947 bits per heavy atom. The number of carbonyl (C=O) groups is 2. The summed E-state index contributed by atoms with van der Waals surface area (Å²) >= 11 is 1.70. The lowest BCUT2D eigenvalue weighted by atomic mass is 10.1. The van der Waals surface area contributed by atoms with Gasteiger partial charge in [-0.05, 0) is 36.6 Å². The highest BCUT2D eigenvalue weighted by molar-refractivity contribution is 7.16. The molecule has 3 aromatic carbocycles. The van der Waals surface area contributed by atoms with Crippen LogP contribution in [0, 0.1) is 6.92 Å². The number of hydrogen-bond donors (Lipinski definition) is 2. The fourth-order valence-corrected chi connectivity index (χ4v) is 5.20. The van der Waals surface area contributed by atoms with Crippen molar-refractivity contribution in [2.75, 3.05) is 11.4 Å². The number of nitrogens with zero attached hydrogens (tertiary/aromatic N) is 2. The summed E-state index contributed by atoms with van der Waals surface area (Å²) in [5.41, 5.74) is 4.49. The molecule has 1 aromatic heterocycles. The minimum absolute atomic E-state index is 0.227. The number of aryl methyl sites for hydroxylation is 1. The summed E-state index contributed by atoms with van der Waals surface area (Å²) < 4.78 is 0. The van der Waals surface area contributed by atoms with E-state index in [1.165, 1.54) is 4.88 Å². The van der Waals surface area contributed by atoms with E-state index in [2.05, 4.69) is 36.2 Å². The van der Waals surface area contributed by atoms with E-state index in [1.54, 1.807) is 23.5 Å². The highest BCUT2D eigenvalue weighted by Gasteiger charge is 2.21. The Hall–Kier alpha value is -3.97. The quantitative estimate of drug-likeness (QED) is 0.224. The van der Waals surface area contributed by atoms with Gasteiger partial charge < -0.3 is 15.3 Å². The van der Waals surface area contributed by atoms with Crippen molar-refractivity contribution in [1.82, 2.24) is 10.3 Å². The number of hydrogen-bond acceptors (Lipinski definition) is 5. The maximum atomic E-state index is 12.8. The normalized spacial score (nSPS) is 11.6. The smallest absolute Gasteiger partial charge is 0.326 e. The van der Waals surface area contributed by atoms with E-state index in [0.29, 0.717) is 12.1 Å². The molecule has 0 bridgehead atoms. The molecule has 1 heterocycles. The summed E-state index contributed by atoms with van der Waals surface area (Å²) in [6, 6.07) is 25.9. The Morgan fingerprint density at radius 3 is 2.24 bits per heavy atom. The summed E-state index contributed by atoms with van der Waals surface area (Å²) in [5, 5.41) is 13.3. The lowest BCUT2D eigenvalue weighted by Crippen LogP contribution is -2.42. The SMILES string of the molecule is CCCCN(Cc1ccc(C(=O)NC(Cc2ccccc2)C(=O)O)cc1)c1nc(-c2ccccc2)c(C)s1. The lowest BCUT2D eigenvalue weighted by molar-refractivity contribution is -0.139. The molecule has 0 spiro atoms. The Morgan fingerprint density at radius 2 is 1.61 bits per heavy atom. The lowest BCUT2D eigenvalue weighted by Gasteiger charge is -2.22. The molecule has 4 aromatic rings.